The molecule has 28 heavy (non-hydrogen) atoms. The van der Waals surface area contributed by atoms with Gasteiger partial charge in [0.1, 0.15) is 12.4 Å². The van der Waals surface area contributed by atoms with Crippen molar-refractivity contribution in [3.63, 3.8) is 0 Å². The van der Waals surface area contributed by atoms with Crippen molar-refractivity contribution < 1.29 is 9.53 Å². The van der Waals surface area contributed by atoms with Gasteiger partial charge in [0.25, 0.3) is 0 Å². The number of aryl methyl sites for hydroxylation is 1. The number of hydrogen-bond acceptors (Lipinski definition) is 5. The molecule has 1 amide bonds. The SMILES string of the molecule is Cc1cccc(OCc2nnc(SCC(=O)Nc3ccc(Cl)cc3)n2C)c1C. The Morgan fingerprint density at radius 2 is 1.93 bits per heavy atom. The fourth-order valence-electron chi connectivity index (χ4n) is 2.48. The summed E-state index contributed by atoms with van der Waals surface area (Å²) in [6.45, 7) is 4.39. The maximum Gasteiger partial charge on any atom is 0.234 e. The van der Waals surface area contributed by atoms with Gasteiger partial charge in [-0.2, -0.15) is 0 Å². The van der Waals surface area contributed by atoms with E-state index in [0.29, 0.717) is 28.3 Å². The third-order valence-electron chi connectivity index (χ3n) is 4.30. The predicted octanol–water partition coefficient (Wildman–Crippen LogP) is 4.40. The van der Waals surface area contributed by atoms with Crippen LogP contribution < -0.4 is 10.1 Å². The van der Waals surface area contributed by atoms with Gasteiger partial charge in [0.05, 0.1) is 5.75 Å². The molecule has 1 N–H and O–H groups in total. The number of nitrogens with zero attached hydrogens (tertiary/aromatic N) is 3. The summed E-state index contributed by atoms with van der Waals surface area (Å²) in [4.78, 5) is 12.1. The number of carbonyl (C=O) groups excluding carboxylic acids is 1. The molecule has 1 aromatic heterocycles. The van der Waals surface area contributed by atoms with Crippen LogP contribution in [0, 0.1) is 13.8 Å². The van der Waals surface area contributed by atoms with Crippen LogP contribution in [0.1, 0.15) is 17.0 Å². The van der Waals surface area contributed by atoms with Crippen LogP contribution in [0.5, 0.6) is 5.75 Å². The minimum atomic E-state index is -0.122. The summed E-state index contributed by atoms with van der Waals surface area (Å²) in [5, 5.41) is 12.4. The Hall–Kier alpha value is -2.51. The van der Waals surface area contributed by atoms with Crippen molar-refractivity contribution >= 4 is 35.0 Å². The standard InChI is InChI=1S/C20H21ClN4O2S/c1-13-5-4-6-17(14(13)2)27-11-18-23-24-20(25(18)3)28-12-19(26)22-16-9-7-15(21)8-10-16/h4-10H,11-12H2,1-3H3,(H,22,26). The second-order valence-electron chi connectivity index (χ2n) is 6.29. The van der Waals surface area contributed by atoms with E-state index in [4.69, 9.17) is 16.3 Å². The normalized spacial score (nSPS) is 10.7. The molecule has 0 atom stereocenters. The van der Waals surface area contributed by atoms with E-state index in [1.807, 2.05) is 43.7 Å². The van der Waals surface area contributed by atoms with E-state index in [1.54, 1.807) is 24.3 Å². The van der Waals surface area contributed by atoms with E-state index in [-0.39, 0.29) is 11.7 Å². The molecule has 0 aliphatic heterocycles. The summed E-state index contributed by atoms with van der Waals surface area (Å²) in [5.41, 5.74) is 2.99. The molecule has 1 heterocycles. The molecule has 0 saturated carbocycles. The van der Waals surface area contributed by atoms with Gasteiger partial charge in [-0.1, -0.05) is 35.5 Å². The van der Waals surface area contributed by atoms with Gasteiger partial charge in [-0.25, -0.2) is 0 Å². The molecule has 146 valence electrons. The van der Waals surface area contributed by atoms with Crippen LogP contribution in [0.15, 0.2) is 47.6 Å². The van der Waals surface area contributed by atoms with E-state index < -0.39 is 0 Å². The van der Waals surface area contributed by atoms with Gasteiger partial charge in [-0.15, -0.1) is 10.2 Å². The lowest BCUT2D eigenvalue weighted by Crippen LogP contribution is -2.14. The number of carbonyl (C=O) groups is 1. The number of halogens is 1. The van der Waals surface area contributed by atoms with Crippen LogP contribution >= 0.6 is 23.4 Å². The molecule has 0 fully saturated rings. The Morgan fingerprint density at radius 3 is 2.68 bits per heavy atom. The van der Waals surface area contributed by atoms with Crippen LogP contribution in [0.3, 0.4) is 0 Å². The molecule has 8 heteroatoms. The summed E-state index contributed by atoms with van der Waals surface area (Å²) < 4.78 is 7.73. The first-order valence-electron chi connectivity index (χ1n) is 8.69. The van der Waals surface area contributed by atoms with Crippen LogP contribution in [0.2, 0.25) is 5.02 Å². The number of thioether (sulfide) groups is 1. The van der Waals surface area contributed by atoms with E-state index >= 15 is 0 Å². The average Bonchev–Trinajstić information content (AvgIpc) is 3.03. The number of hydrogen-bond donors (Lipinski definition) is 1. The van der Waals surface area contributed by atoms with Gasteiger partial charge in [0.15, 0.2) is 11.0 Å². The van der Waals surface area contributed by atoms with Crippen LogP contribution in [0.4, 0.5) is 5.69 Å². The highest BCUT2D eigenvalue weighted by atomic mass is 35.5. The molecule has 3 rings (SSSR count). The first-order valence-corrected chi connectivity index (χ1v) is 10.1. The fraction of sp³-hybridized carbons (Fsp3) is 0.250. The fourth-order valence-corrected chi connectivity index (χ4v) is 3.34. The molecule has 3 aromatic rings. The topological polar surface area (TPSA) is 69.0 Å². The maximum atomic E-state index is 12.1. The predicted molar refractivity (Wildman–Crippen MR) is 112 cm³/mol. The molecule has 0 aliphatic carbocycles. The smallest absolute Gasteiger partial charge is 0.234 e. The molecular weight excluding hydrogens is 396 g/mol. The lowest BCUT2D eigenvalue weighted by molar-refractivity contribution is -0.113. The summed E-state index contributed by atoms with van der Waals surface area (Å²) in [6.07, 6.45) is 0. The van der Waals surface area contributed by atoms with Crippen molar-refractivity contribution in [2.45, 2.75) is 25.6 Å². The monoisotopic (exact) mass is 416 g/mol. The van der Waals surface area contributed by atoms with Gasteiger partial charge in [0.2, 0.25) is 5.91 Å². The number of rotatable bonds is 7. The highest BCUT2D eigenvalue weighted by Gasteiger charge is 2.13. The van der Waals surface area contributed by atoms with E-state index in [0.717, 1.165) is 11.3 Å². The molecule has 0 spiro atoms. The van der Waals surface area contributed by atoms with E-state index in [9.17, 15) is 4.79 Å². The summed E-state index contributed by atoms with van der Waals surface area (Å²) in [6, 6.07) is 12.9. The summed E-state index contributed by atoms with van der Waals surface area (Å²) >= 11 is 7.17. The number of amides is 1. The number of benzene rings is 2. The number of anilines is 1. The van der Waals surface area contributed by atoms with Crippen LogP contribution in [-0.4, -0.2) is 26.4 Å². The lowest BCUT2D eigenvalue weighted by Gasteiger charge is -2.10. The van der Waals surface area contributed by atoms with E-state index in [1.165, 1.54) is 17.3 Å². The third kappa shape index (κ3) is 5.05. The largest absolute Gasteiger partial charge is 0.485 e. The Labute approximate surface area is 173 Å². The second kappa shape index (κ2) is 9.12. The quantitative estimate of drug-likeness (QED) is 0.578. The minimum Gasteiger partial charge on any atom is -0.485 e. The first-order chi connectivity index (χ1) is 13.4. The van der Waals surface area contributed by atoms with Gasteiger partial charge in [-0.3, -0.25) is 4.79 Å². The highest BCUT2D eigenvalue weighted by Crippen LogP contribution is 2.22. The van der Waals surface area contributed by atoms with Crippen molar-refractivity contribution in [3.05, 3.63) is 64.4 Å². The van der Waals surface area contributed by atoms with Crippen LogP contribution in [0.25, 0.3) is 0 Å². The van der Waals surface area contributed by atoms with Gasteiger partial charge < -0.3 is 14.6 Å². The molecular formula is C20H21ClN4O2S. The third-order valence-corrected chi connectivity index (χ3v) is 5.57. The molecule has 0 bridgehead atoms. The number of ether oxygens (including phenoxy) is 1. The highest BCUT2D eigenvalue weighted by molar-refractivity contribution is 7.99. The molecule has 0 radical (unpaired) electrons. The summed E-state index contributed by atoms with van der Waals surface area (Å²) in [5.74, 6) is 1.64. The minimum absolute atomic E-state index is 0.122. The Balaban J connectivity index is 1.54. The van der Waals surface area contributed by atoms with Crippen LogP contribution in [-0.2, 0) is 18.4 Å². The van der Waals surface area contributed by atoms with Gasteiger partial charge in [-0.05, 0) is 55.3 Å². The zero-order chi connectivity index (χ0) is 20.1. The van der Waals surface area contributed by atoms with Gasteiger partial charge >= 0.3 is 0 Å². The zero-order valence-corrected chi connectivity index (χ0v) is 17.5. The molecule has 0 aliphatic rings. The van der Waals surface area contributed by atoms with E-state index in [2.05, 4.69) is 15.5 Å². The van der Waals surface area contributed by atoms with Crippen molar-refractivity contribution in [2.24, 2.45) is 7.05 Å². The van der Waals surface area contributed by atoms with Crippen molar-refractivity contribution in [1.82, 2.24) is 14.8 Å². The lowest BCUT2D eigenvalue weighted by atomic mass is 10.1. The number of aromatic nitrogens is 3. The number of nitrogens with one attached hydrogen (secondary N) is 1. The molecule has 6 nitrogen and oxygen atoms in total. The first kappa shape index (κ1) is 20.2. The Morgan fingerprint density at radius 1 is 1.18 bits per heavy atom. The molecule has 0 unspecified atom stereocenters. The maximum absolute atomic E-state index is 12.1. The Kier molecular flexibility index (Phi) is 6.59. The van der Waals surface area contributed by atoms with Gasteiger partial charge in [0, 0.05) is 17.8 Å². The van der Waals surface area contributed by atoms with Crippen molar-refractivity contribution in [2.75, 3.05) is 11.1 Å². The second-order valence-corrected chi connectivity index (χ2v) is 7.67. The molecule has 0 saturated heterocycles. The van der Waals surface area contributed by atoms with Crippen molar-refractivity contribution in [3.8, 4) is 5.75 Å². The summed E-state index contributed by atoms with van der Waals surface area (Å²) in [7, 11) is 1.86. The zero-order valence-electron chi connectivity index (χ0n) is 15.9. The van der Waals surface area contributed by atoms with Crippen molar-refractivity contribution in [1.29, 1.82) is 0 Å². The Bertz CT molecular complexity index is 973. The molecule has 2 aromatic carbocycles. The average molecular weight is 417 g/mol.